The van der Waals surface area contributed by atoms with E-state index in [1.165, 1.54) is 24.1 Å². The third kappa shape index (κ3) is 3.99. The smallest absolute Gasteiger partial charge is 0.348 e. The second kappa shape index (κ2) is 8.89. The summed E-state index contributed by atoms with van der Waals surface area (Å²) in [6, 6.07) is 16.4. The van der Waals surface area contributed by atoms with Crippen LogP contribution in [0.25, 0.3) is 21.0 Å². The average molecular weight is 475 g/mol. The molecule has 0 radical (unpaired) electrons. The first kappa shape index (κ1) is 22.6. The van der Waals surface area contributed by atoms with Gasteiger partial charge in [0.05, 0.1) is 7.11 Å². The Hall–Kier alpha value is -3.16. The lowest BCUT2D eigenvalue weighted by Gasteiger charge is -2.30. The van der Waals surface area contributed by atoms with Gasteiger partial charge >= 0.3 is 5.97 Å². The Morgan fingerprint density at radius 2 is 2.09 bits per heavy atom. The van der Waals surface area contributed by atoms with Crippen molar-refractivity contribution in [3.8, 4) is 0 Å². The second-order valence-electron chi connectivity index (χ2n) is 9.27. The minimum Gasteiger partial charge on any atom is -0.465 e. The molecule has 2 aromatic heterocycles. The molecule has 176 valence electrons. The van der Waals surface area contributed by atoms with Gasteiger partial charge in [0.2, 0.25) is 0 Å². The van der Waals surface area contributed by atoms with Gasteiger partial charge in [-0.2, -0.15) is 0 Å². The number of esters is 1. The number of carbonyl (C=O) groups is 1. The summed E-state index contributed by atoms with van der Waals surface area (Å²) in [7, 11) is 3.54. The lowest BCUT2D eigenvalue weighted by atomic mass is 9.83. The molecule has 0 bridgehead atoms. The number of amidine groups is 1. The van der Waals surface area contributed by atoms with Crippen molar-refractivity contribution >= 4 is 44.1 Å². The number of rotatable bonds is 7. The zero-order valence-corrected chi connectivity index (χ0v) is 20.4. The van der Waals surface area contributed by atoms with Crippen molar-refractivity contribution in [2.24, 2.45) is 12.8 Å². The maximum atomic E-state index is 12.6. The Morgan fingerprint density at radius 3 is 2.82 bits per heavy atom. The first-order valence-corrected chi connectivity index (χ1v) is 12.5. The van der Waals surface area contributed by atoms with Crippen LogP contribution in [0.2, 0.25) is 0 Å². The number of hydrogen-bond acceptors (Lipinski definition) is 5. The molecule has 1 saturated heterocycles. The van der Waals surface area contributed by atoms with E-state index in [0.29, 0.717) is 0 Å². The lowest BCUT2D eigenvalue weighted by Crippen LogP contribution is -2.42. The van der Waals surface area contributed by atoms with Gasteiger partial charge in [-0.15, -0.1) is 11.3 Å². The number of hydrogen-bond donors (Lipinski definition) is 3. The number of fused-ring (bicyclic) bond motifs is 2. The summed E-state index contributed by atoms with van der Waals surface area (Å²) in [6.45, 7) is 0.993. The molecule has 0 spiro atoms. The van der Waals surface area contributed by atoms with Gasteiger partial charge < -0.3 is 20.4 Å². The Morgan fingerprint density at radius 1 is 1.26 bits per heavy atom. The molecule has 1 aliphatic heterocycles. The molecule has 2 aromatic carbocycles. The van der Waals surface area contributed by atoms with E-state index in [1.807, 2.05) is 30.3 Å². The van der Waals surface area contributed by atoms with Crippen LogP contribution in [0.4, 0.5) is 0 Å². The van der Waals surface area contributed by atoms with Gasteiger partial charge in [-0.3, -0.25) is 5.41 Å². The van der Waals surface area contributed by atoms with E-state index in [-0.39, 0.29) is 17.3 Å². The lowest BCUT2D eigenvalue weighted by molar-refractivity contribution is 0.0605. The zero-order valence-electron chi connectivity index (χ0n) is 19.6. The number of thiophene rings is 1. The molecular formula is C27H30N4O2S. The van der Waals surface area contributed by atoms with Crippen LogP contribution in [0.5, 0.6) is 0 Å². The van der Waals surface area contributed by atoms with Crippen molar-refractivity contribution in [3.05, 3.63) is 70.2 Å². The van der Waals surface area contributed by atoms with Crippen molar-refractivity contribution in [3.63, 3.8) is 0 Å². The molecule has 1 aliphatic rings. The average Bonchev–Trinajstić information content (AvgIpc) is 3.54. The van der Waals surface area contributed by atoms with Crippen LogP contribution in [0.3, 0.4) is 0 Å². The predicted molar refractivity (Wildman–Crippen MR) is 139 cm³/mol. The maximum absolute atomic E-state index is 12.6. The Labute approximate surface area is 203 Å². The summed E-state index contributed by atoms with van der Waals surface area (Å²) in [5.41, 5.74) is 9.83. The van der Waals surface area contributed by atoms with Gasteiger partial charge in [0.15, 0.2) is 0 Å². The molecule has 6 nitrogen and oxygen atoms in total. The molecule has 5 rings (SSSR count). The highest BCUT2D eigenvalue weighted by molar-refractivity contribution is 7.21. The highest BCUT2D eigenvalue weighted by atomic mass is 32.1. The molecule has 1 fully saturated rings. The van der Waals surface area contributed by atoms with E-state index < -0.39 is 0 Å². The summed E-state index contributed by atoms with van der Waals surface area (Å²) in [5.74, 6) is -0.164. The van der Waals surface area contributed by atoms with Crippen LogP contribution in [0.15, 0.2) is 48.5 Å². The Bertz CT molecular complexity index is 1390. The number of aryl methyl sites for hydroxylation is 2. The van der Waals surface area contributed by atoms with Gasteiger partial charge in [-0.25, -0.2) is 4.79 Å². The second-order valence-corrected chi connectivity index (χ2v) is 10.3. The number of nitrogen functional groups attached to an aromatic ring is 1. The Kier molecular flexibility index (Phi) is 5.91. The predicted octanol–water partition coefficient (Wildman–Crippen LogP) is 4.76. The molecule has 7 heteroatoms. The summed E-state index contributed by atoms with van der Waals surface area (Å²) in [4.78, 5) is 13.3. The fraction of sp³-hybridized carbons (Fsp3) is 0.333. The fourth-order valence-electron chi connectivity index (χ4n) is 5.35. The standard InChI is InChI=1S/C27H30N4O2S/c1-31-19(14-17-8-9-18(25(28)29)15-22(17)31)10-12-27(11-5-13-30-27)16-21-20-6-3-4-7-23(20)34-24(21)26(32)33-2/h3-4,6-9,14-15,30H,5,10-13,16H2,1-2H3,(H3,28,29)/t27-/m0/s1. The quantitative estimate of drug-likeness (QED) is 0.205. The molecule has 0 amide bonds. The SMILES string of the molecule is COC(=O)c1sc2ccccc2c1C[C@@]1(CCc2cc3ccc(C(=N)N)cc3n2C)CCCN1. The third-order valence-corrected chi connectivity index (χ3v) is 8.42. The van der Waals surface area contributed by atoms with E-state index >= 15 is 0 Å². The number of nitrogens with two attached hydrogens (primary N) is 1. The van der Waals surface area contributed by atoms with Crippen molar-refractivity contribution < 1.29 is 9.53 Å². The summed E-state index contributed by atoms with van der Waals surface area (Å²) >= 11 is 1.53. The molecular weight excluding hydrogens is 444 g/mol. The van der Waals surface area contributed by atoms with Gasteiger partial charge in [-0.05, 0) is 73.2 Å². The first-order chi connectivity index (χ1) is 16.4. The van der Waals surface area contributed by atoms with Gasteiger partial charge in [0.25, 0.3) is 0 Å². The van der Waals surface area contributed by atoms with Crippen molar-refractivity contribution in [1.29, 1.82) is 5.41 Å². The van der Waals surface area contributed by atoms with Crippen LogP contribution in [-0.2, 0) is 24.6 Å². The number of ether oxygens (including phenoxy) is 1. The highest BCUT2D eigenvalue weighted by Gasteiger charge is 2.36. The topological polar surface area (TPSA) is 93.1 Å². The van der Waals surface area contributed by atoms with Crippen molar-refractivity contribution in [2.45, 2.75) is 37.6 Å². The highest BCUT2D eigenvalue weighted by Crippen LogP contribution is 2.38. The molecule has 4 aromatic rings. The maximum Gasteiger partial charge on any atom is 0.348 e. The van der Waals surface area contributed by atoms with Crippen LogP contribution in [0.1, 0.15) is 45.8 Å². The number of nitrogens with one attached hydrogen (secondary N) is 2. The van der Waals surface area contributed by atoms with Crippen LogP contribution in [-0.4, -0.2) is 35.6 Å². The third-order valence-electron chi connectivity index (χ3n) is 7.23. The first-order valence-electron chi connectivity index (χ1n) is 11.7. The van der Waals surface area contributed by atoms with E-state index in [1.54, 1.807) is 0 Å². The molecule has 0 saturated carbocycles. The van der Waals surface area contributed by atoms with Crippen LogP contribution >= 0.6 is 11.3 Å². The van der Waals surface area contributed by atoms with Crippen LogP contribution < -0.4 is 11.1 Å². The summed E-state index contributed by atoms with van der Waals surface area (Å²) < 4.78 is 8.47. The molecule has 0 aliphatic carbocycles. The van der Waals surface area contributed by atoms with Crippen LogP contribution in [0, 0.1) is 5.41 Å². The van der Waals surface area contributed by atoms with Gasteiger partial charge in [0, 0.05) is 34.1 Å². The fourth-order valence-corrected chi connectivity index (χ4v) is 6.49. The van der Waals surface area contributed by atoms with E-state index in [2.05, 4.69) is 35.1 Å². The Balaban J connectivity index is 1.46. The number of carbonyl (C=O) groups excluding carboxylic acids is 1. The monoisotopic (exact) mass is 474 g/mol. The molecule has 0 unspecified atom stereocenters. The summed E-state index contributed by atoms with van der Waals surface area (Å²) in [5, 5.41) is 13.9. The van der Waals surface area contributed by atoms with E-state index in [0.717, 1.165) is 75.6 Å². The van der Waals surface area contributed by atoms with Crippen molar-refractivity contribution in [2.75, 3.05) is 13.7 Å². The normalized spacial score (nSPS) is 18.1. The summed E-state index contributed by atoms with van der Waals surface area (Å²) in [6.07, 6.45) is 4.91. The molecule has 3 heterocycles. The van der Waals surface area contributed by atoms with Crippen molar-refractivity contribution in [1.82, 2.24) is 9.88 Å². The van der Waals surface area contributed by atoms with Gasteiger partial charge in [0.1, 0.15) is 10.7 Å². The minimum atomic E-state index is -0.251. The largest absolute Gasteiger partial charge is 0.465 e. The molecule has 4 N–H and O–H groups in total. The van der Waals surface area contributed by atoms with E-state index in [4.69, 9.17) is 15.9 Å². The zero-order chi connectivity index (χ0) is 23.9. The van der Waals surface area contributed by atoms with E-state index in [9.17, 15) is 4.79 Å². The number of benzene rings is 2. The number of aromatic nitrogens is 1. The van der Waals surface area contributed by atoms with Gasteiger partial charge in [-0.1, -0.05) is 30.3 Å². The minimum absolute atomic E-state index is 0.0619. The molecule has 34 heavy (non-hydrogen) atoms. The number of nitrogens with zero attached hydrogens (tertiary/aromatic N) is 1. The number of methoxy groups -OCH3 is 1. The molecule has 1 atom stereocenters.